The molecule has 12 rings (SSSR count). The van der Waals surface area contributed by atoms with Crippen LogP contribution in [0.5, 0.6) is 0 Å². The molecule has 378 valence electrons. The van der Waals surface area contributed by atoms with Crippen molar-refractivity contribution in [2.24, 2.45) is 0 Å². The maximum absolute atomic E-state index is 6.68. The largest absolute Gasteiger partial charge is 0.455 e. The number of aryl methyl sites for hydroxylation is 4. The lowest BCUT2D eigenvalue weighted by Crippen LogP contribution is -2.61. The quantitative estimate of drug-likeness (QED) is 0.155. The molecule has 0 N–H and O–H groups in total. The Bertz CT molecular complexity index is 4040. The highest BCUT2D eigenvalue weighted by atomic mass is 16.3. The van der Waals surface area contributed by atoms with Gasteiger partial charge in [-0.05, 0) is 172 Å². The summed E-state index contributed by atoms with van der Waals surface area (Å²) in [7, 11) is 0. The number of aromatic nitrogens is 1. The van der Waals surface area contributed by atoms with Crippen LogP contribution in [0.25, 0.3) is 61.8 Å². The first-order valence-electron chi connectivity index (χ1n) is 27.3. The van der Waals surface area contributed by atoms with Gasteiger partial charge in [0.2, 0.25) is 0 Å². The van der Waals surface area contributed by atoms with Gasteiger partial charge in [-0.3, -0.25) is 0 Å². The third-order valence-corrected chi connectivity index (χ3v) is 16.5. The standard InChI is InChI=1S/C71H70BN3O/c1-16-24-52-55-40-57-61(41-59(55)73(58(52)17-2)50-25-19-18-20-26-50)75(66-42(3)33-46(34-43(66)4)51-28-23-29-54-53-27-21-22-30-64(53)76-68(51)54)63-39-49(71(13,14)15)38-62-65(63)72(57)56-32-31-47(69(7,8)9)37-60(56)74(62)67-44(5)35-48(36-45(67)6)70(10,11)12/h16-41H,2H2,1,3-15H3/b24-16-. The second kappa shape index (κ2) is 17.4. The lowest BCUT2D eigenvalue weighted by Gasteiger charge is -2.46. The second-order valence-electron chi connectivity index (χ2n) is 24.9. The molecule has 0 saturated heterocycles. The number of allylic oxidation sites excluding steroid dienone is 1. The Morgan fingerprint density at radius 1 is 0.513 bits per heavy atom. The van der Waals surface area contributed by atoms with Gasteiger partial charge in [0.05, 0.1) is 22.6 Å². The summed E-state index contributed by atoms with van der Waals surface area (Å²) >= 11 is 0. The summed E-state index contributed by atoms with van der Waals surface area (Å²) < 4.78 is 9.10. The van der Waals surface area contributed by atoms with Crippen LogP contribution in [0.2, 0.25) is 0 Å². The Kier molecular flexibility index (Phi) is 11.2. The lowest BCUT2D eigenvalue weighted by molar-refractivity contribution is 0.588. The number of hydrogen-bond donors (Lipinski definition) is 0. The molecule has 76 heavy (non-hydrogen) atoms. The highest BCUT2D eigenvalue weighted by Gasteiger charge is 2.46. The van der Waals surface area contributed by atoms with Gasteiger partial charge in [-0.1, -0.05) is 166 Å². The van der Waals surface area contributed by atoms with E-state index in [1.165, 1.54) is 100 Å². The van der Waals surface area contributed by atoms with E-state index in [0.29, 0.717) is 0 Å². The van der Waals surface area contributed by atoms with Crippen molar-refractivity contribution in [3.63, 3.8) is 0 Å². The number of hydrogen-bond acceptors (Lipinski definition) is 3. The van der Waals surface area contributed by atoms with Crippen LogP contribution in [0.15, 0.2) is 157 Å². The SMILES string of the molecule is C=Cc1c(/C=C\C)c2cc3c(cc2n1-c1ccccc1)N(c1c(C)cc(-c2cccc4c2oc2ccccc24)cc1C)c1cc(C(C)(C)C)cc2c1B3c1ccc(C(C)(C)C)cc1N2c1c(C)cc(C(C)(C)C)cc1C. The highest BCUT2D eigenvalue weighted by molar-refractivity contribution is 7.00. The number of nitrogens with zero attached hydrogens (tertiary/aromatic N) is 3. The van der Waals surface area contributed by atoms with E-state index in [-0.39, 0.29) is 23.0 Å². The Morgan fingerprint density at radius 3 is 1.67 bits per heavy atom. The summed E-state index contributed by atoms with van der Waals surface area (Å²) in [5.41, 5.74) is 28.4. The third kappa shape index (κ3) is 7.55. The normalized spacial score (nSPS) is 13.6. The first-order valence-corrected chi connectivity index (χ1v) is 27.3. The molecule has 2 aromatic heterocycles. The van der Waals surface area contributed by atoms with Gasteiger partial charge in [0.1, 0.15) is 11.2 Å². The van der Waals surface area contributed by atoms with E-state index in [1.54, 1.807) is 0 Å². The Labute approximate surface area is 451 Å². The zero-order valence-corrected chi connectivity index (χ0v) is 47.0. The minimum atomic E-state index is -0.183. The molecular formula is C71H70BN3O. The molecule has 0 radical (unpaired) electrons. The van der Waals surface area contributed by atoms with Gasteiger partial charge >= 0.3 is 0 Å². The van der Waals surface area contributed by atoms with E-state index in [2.05, 4.69) is 270 Å². The number of rotatable bonds is 6. The van der Waals surface area contributed by atoms with Gasteiger partial charge in [-0.25, -0.2) is 0 Å². The molecule has 2 aliphatic heterocycles. The fourth-order valence-corrected chi connectivity index (χ4v) is 12.8. The Balaban J connectivity index is 1.23. The number of furan rings is 1. The van der Waals surface area contributed by atoms with Crippen LogP contribution >= 0.6 is 0 Å². The Hall–Kier alpha value is -7.76. The lowest BCUT2D eigenvalue weighted by atomic mass is 9.33. The fraction of sp³-hybridized carbons (Fsp3) is 0.239. The molecule has 0 saturated carbocycles. The smallest absolute Gasteiger partial charge is 0.252 e. The minimum absolute atomic E-state index is 0.000192. The number of anilines is 6. The molecule has 0 spiro atoms. The summed E-state index contributed by atoms with van der Waals surface area (Å²) in [5, 5.41) is 3.47. The van der Waals surface area contributed by atoms with Gasteiger partial charge in [0.15, 0.2) is 0 Å². The monoisotopic (exact) mass is 992 g/mol. The van der Waals surface area contributed by atoms with Crippen molar-refractivity contribution in [1.29, 1.82) is 0 Å². The van der Waals surface area contributed by atoms with Crippen LogP contribution in [0.1, 0.15) is 119 Å². The minimum Gasteiger partial charge on any atom is -0.455 e. The molecule has 4 heterocycles. The van der Waals surface area contributed by atoms with E-state index in [0.717, 1.165) is 50.0 Å². The van der Waals surface area contributed by atoms with Crippen LogP contribution in [0.3, 0.4) is 0 Å². The second-order valence-corrected chi connectivity index (χ2v) is 24.9. The van der Waals surface area contributed by atoms with Gasteiger partial charge in [-0.15, -0.1) is 0 Å². The van der Waals surface area contributed by atoms with Crippen molar-refractivity contribution in [2.45, 2.75) is 113 Å². The molecule has 0 amide bonds. The molecule has 0 atom stereocenters. The van der Waals surface area contributed by atoms with Crippen molar-refractivity contribution >= 4 is 102 Å². The van der Waals surface area contributed by atoms with Crippen molar-refractivity contribution in [2.75, 3.05) is 9.80 Å². The van der Waals surface area contributed by atoms with Crippen LogP contribution in [-0.2, 0) is 16.2 Å². The summed E-state index contributed by atoms with van der Waals surface area (Å²) in [6.07, 6.45) is 6.48. The predicted molar refractivity (Wildman–Crippen MR) is 330 cm³/mol. The molecule has 0 unspecified atom stereocenters. The van der Waals surface area contributed by atoms with Gasteiger partial charge < -0.3 is 18.8 Å². The van der Waals surface area contributed by atoms with Crippen LogP contribution in [0.4, 0.5) is 34.1 Å². The van der Waals surface area contributed by atoms with Crippen molar-refractivity contribution in [1.82, 2.24) is 4.57 Å². The van der Waals surface area contributed by atoms with Crippen molar-refractivity contribution in [3.05, 3.63) is 202 Å². The molecule has 0 aliphatic carbocycles. The first kappa shape index (κ1) is 49.1. The fourth-order valence-electron chi connectivity index (χ4n) is 12.8. The van der Waals surface area contributed by atoms with Crippen LogP contribution in [-0.4, -0.2) is 11.3 Å². The summed E-state index contributed by atoms with van der Waals surface area (Å²) in [6, 6.07) is 52.9. The maximum atomic E-state index is 6.68. The highest BCUT2D eigenvalue weighted by Crippen LogP contribution is 2.51. The third-order valence-electron chi connectivity index (χ3n) is 16.5. The van der Waals surface area contributed by atoms with Crippen LogP contribution in [0, 0.1) is 27.7 Å². The van der Waals surface area contributed by atoms with Gasteiger partial charge in [-0.2, -0.15) is 0 Å². The molecule has 0 fully saturated rings. The Morgan fingerprint density at radius 2 is 1.07 bits per heavy atom. The van der Waals surface area contributed by atoms with E-state index in [9.17, 15) is 0 Å². The number of benzene rings is 8. The van der Waals surface area contributed by atoms with Crippen molar-refractivity contribution < 1.29 is 4.42 Å². The summed E-state index contributed by atoms with van der Waals surface area (Å²) in [6.45, 7) is 36.9. The van der Waals surface area contributed by atoms with E-state index < -0.39 is 0 Å². The molecule has 8 aromatic carbocycles. The van der Waals surface area contributed by atoms with Gasteiger partial charge in [0.25, 0.3) is 6.71 Å². The van der Waals surface area contributed by atoms with Gasteiger partial charge in [0, 0.05) is 55.7 Å². The maximum Gasteiger partial charge on any atom is 0.252 e. The van der Waals surface area contributed by atoms with E-state index >= 15 is 0 Å². The van der Waals surface area contributed by atoms with Crippen LogP contribution < -0.4 is 26.2 Å². The first-order chi connectivity index (χ1) is 36.2. The predicted octanol–water partition coefficient (Wildman–Crippen LogP) is 18.1. The summed E-state index contributed by atoms with van der Waals surface area (Å²) in [5.74, 6) is 0. The molecule has 4 nitrogen and oxygen atoms in total. The number of fused-ring (bicyclic) bond motifs is 8. The molecule has 2 aliphatic rings. The molecule has 5 heteroatoms. The van der Waals surface area contributed by atoms with E-state index in [1.807, 2.05) is 6.08 Å². The zero-order valence-electron chi connectivity index (χ0n) is 47.0. The topological polar surface area (TPSA) is 24.6 Å². The average molecular weight is 992 g/mol. The van der Waals surface area contributed by atoms with E-state index in [4.69, 9.17) is 4.42 Å². The number of para-hydroxylation sites is 3. The molecular weight excluding hydrogens is 922 g/mol. The molecule has 0 bridgehead atoms. The molecule has 10 aromatic rings. The van der Waals surface area contributed by atoms with Crippen molar-refractivity contribution in [3.8, 4) is 16.8 Å². The zero-order chi connectivity index (χ0) is 53.5. The average Bonchev–Trinajstić information content (AvgIpc) is 4.06. The summed E-state index contributed by atoms with van der Waals surface area (Å²) in [4.78, 5) is 5.31.